The summed E-state index contributed by atoms with van der Waals surface area (Å²) in [5, 5.41) is 0.575. The molecule has 0 N–H and O–H groups in total. The summed E-state index contributed by atoms with van der Waals surface area (Å²) in [5.74, 6) is 0.417. The molecule has 38 heavy (non-hydrogen) atoms. The zero-order valence-corrected chi connectivity index (χ0v) is 23.6. The third-order valence-corrected chi connectivity index (χ3v) is 9.04. The summed E-state index contributed by atoms with van der Waals surface area (Å²) in [6, 6.07) is 20.8. The fourth-order valence-electron chi connectivity index (χ4n) is 4.16. The lowest BCUT2D eigenvalue weighted by molar-refractivity contribution is 0.0986. The molecule has 0 bridgehead atoms. The molecule has 1 amide bonds. The quantitative estimate of drug-likeness (QED) is 0.257. The smallest absolute Gasteiger partial charge is 0.264 e. The van der Waals surface area contributed by atoms with E-state index in [1.165, 1.54) is 27.8 Å². The van der Waals surface area contributed by atoms with Gasteiger partial charge in [-0.05, 0) is 82.5 Å². The first-order valence-corrected chi connectivity index (χ1v) is 14.6. The minimum Gasteiger partial charge on any atom is -0.494 e. The van der Waals surface area contributed by atoms with Gasteiger partial charge < -0.3 is 9.64 Å². The number of fused-ring (bicyclic) bond motifs is 1. The van der Waals surface area contributed by atoms with Crippen LogP contribution in [0.15, 0.2) is 77.7 Å². The maximum Gasteiger partial charge on any atom is 0.264 e. The number of carbonyl (C=O) groups is 1. The number of hydrogen-bond donors (Lipinski definition) is 0. The molecule has 3 aromatic carbocycles. The van der Waals surface area contributed by atoms with Crippen LogP contribution in [0.25, 0.3) is 10.2 Å². The van der Waals surface area contributed by atoms with Gasteiger partial charge in [0, 0.05) is 18.7 Å². The van der Waals surface area contributed by atoms with Crippen molar-refractivity contribution in [3.05, 3.63) is 78.4 Å². The van der Waals surface area contributed by atoms with Crippen LogP contribution in [0.3, 0.4) is 0 Å². The first-order valence-electron chi connectivity index (χ1n) is 12.3. The van der Waals surface area contributed by atoms with E-state index < -0.39 is 10.0 Å². The van der Waals surface area contributed by atoms with E-state index in [1.807, 2.05) is 38.4 Å². The van der Waals surface area contributed by atoms with E-state index in [1.54, 1.807) is 55.3 Å². The number of sulfonamides is 1. The lowest BCUT2D eigenvalue weighted by Crippen LogP contribution is -2.33. The monoisotopic (exact) mass is 552 g/mol. The highest BCUT2D eigenvalue weighted by Gasteiger charge is 2.26. The molecule has 0 aliphatic rings. The molecule has 0 aliphatic heterocycles. The second-order valence-corrected chi connectivity index (χ2v) is 11.8. The molecule has 4 rings (SSSR count). The summed E-state index contributed by atoms with van der Waals surface area (Å²) < 4.78 is 34.5. The highest BCUT2D eigenvalue weighted by Crippen LogP contribution is 2.35. The van der Waals surface area contributed by atoms with Gasteiger partial charge in [-0.2, -0.15) is 0 Å². The van der Waals surface area contributed by atoms with Crippen molar-refractivity contribution >= 4 is 48.3 Å². The van der Waals surface area contributed by atoms with Crippen molar-refractivity contribution in [3.8, 4) is 5.75 Å². The summed E-state index contributed by atoms with van der Waals surface area (Å²) >= 11 is 1.43. The first-order chi connectivity index (χ1) is 18.3. The van der Waals surface area contributed by atoms with Gasteiger partial charge in [0.15, 0.2) is 5.13 Å². The van der Waals surface area contributed by atoms with Crippen molar-refractivity contribution in [3.63, 3.8) is 0 Å². The molecule has 200 valence electrons. The number of hydrogen-bond acceptors (Lipinski definition) is 7. The Labute approximate surface area is 228 Å². The molecule has 10 heteroatoms. The lowest BCUT2D eigenvalue weighted by atomic mass is 10.2. The van der Waals surface area contributed by atoms with Gasteiger partial charge in [0.2, 0.25) is 0 Å². The Bertz CT molecular complexity index is 1490. The van der Waals surface area contributed by atoms with E-state index in [-0.39, 0.29) is 17.3 Å². The topological polar surface area (TPSA) is 83.1 Å². The Kier molecular flexibility index (Phi) is 8.65. The summed E-state index contributed by atoms with van der Waals surface area (Å²) in [4.78, 5) is 22.3. The minimum atomic E-state index is -3.79. The van der Waals surface area contributed by atoms with Crippen LogP contribution >= 0.6 is 11.3 Å². The Balaban J connectivity index is 1.64. The molecule has 0 aliphatic carbocycles. The van der Waals surface area contributed by atoms with Gasteiger partial charge in [-0.25, -0.2) is 13.4 Å². The van der Waals surface area contributed by atoms with Crippen LogP contribution in [0.5, 0.6) is 5.75 Å². The highest BCUT2D eigenvalue weighted by atomic mass is 32.2. The van der Waals surface area contributed by atoms with Gasteiger partial charge in [0.1, 0.15) is 11.3 Å². The van der Waals surface area contributed by atoms with Gasteiger partial charge in [-0.3, -0.25) is 14.0 Å². The van der Waals surface area contributed by atoms with Crippen molar-refractivity contribution < 1.29 is 17.9 Å². The molecule has 0 unspecified atom stereocenters. The second kappa shape index (κ2) is 11.9. The van der Waals surface area contributed by atoms with Crippen molar-refractivity contribution in [2.24, 2.45) is 0 Å². The largest absolute Gasteiger partial charge is 0.494 e. The maximum atomic E-state index is 13.7. The van der Waals surface area contributed by atoms with Crippen LogP contribution < -0.4 is 13.9 Å². The van der Waals surface area contributed by atoms with Crippen LogP contribution in [0.4, 0.5) is 10.8 Å². The van der Waals surface area contributed by atoms with Crippen LogP contribution in [-0.2, 0) is 10.0 Å². The fourth-order valence-corrected chi connectivity index (χ4v) is 6.64. The van der Waals surface area contributed by atoms with Crippen LogP contribution in [0.1, 0.15) is 23.7 Å². The predicted octanol–water partition coefficient (Wildman–Crippen LogP) is 5.12. The Hall–Kier alpha value is -3.47. The molecule has 8 nitrogen and oxygen atoms in total. The summed E-state index contributed by atoms with van der Waals surface area (Å²) in [5.41, 5.74) is 1.69. The van der Waals surface area contributed by atoms with Gasteiger partial charge in [-0.1, -0.05) is 35.6 Å². The Morgan fingerprint density at radius 1 is 0.947 bits per heavy atom. The van der Waals surface area contributed by atoms with E-state index in [4.69, 9.17) is 9.72 Å². The standard InChI is InChI=1S/C28H32N4O4S2/c1-5-32(22-11-7-6-8-12-22)38(34,35)23-17-15-21(16-18-23)27(33)31(20-10-19-30(2)3)28-29-26-24(36-4)13-9-14-25(26)37-28/h6-9,11-18H,5,10,19-20H2,1-4H3. The SMILES string of the molecule is CCN(c1ccccc1)S(=O)(=O)c1ccc(C(=O)N(CCCN(C)C)c2nc3c(OC)cccc3s2)cc1. The van der Waals surface area contributed by atoms with Crippen molar-refractivity contribution in [1.82, 2.24) is 9.88 Å². The van der Waals surface area contributed by atoms with E-state index in [0.717, 1.165) is 17.7 Å². The molecule has 4 aromatic rings. The van der Waals surface area contributed by atoms with Gasteiger partial charge >= 0.3 is 0 Å². The summed E-state index contributed by atoms with van der Waals surface area (Å²) in [6.07, 6.45) is 0.751. The molecule has 0 fully saturated rings. The molecule has 0 saturated heterocycles. The van der Waals surface area contributed by atoms with Crippen LogP contribution in [0.2, 0.25) is 0 Å². The third kappa shape index (κ3) is 5.82. The number of benzene rings is 3. The third-order valence-electron chi connectivity index (χ3n) is 6.07. The number of ether oxygens (including phenoxy) is 1. The van der Waals surface area contributed by atoms with E-state index in [9.17, 15) is 13.2 Å². The average Bonchev–Trinajstić information content (AvgIpc) is 3.36. The zero-order chi connectivity index (χ0) is 27.3. The Morgan fingerprint density at radius 3 is 2.29 bits per heavy atom. The minimum absolute atomic E-state index is 0.128. The summed E-state index contributed by atoms with van der Waals surface area (Å²) in [6.45, 7) is 3.35. The molecule has 0 radical (unpaired) electrons. The molecular weight excluding hydrogens is 520 g/mol. The van der Waals surface area contributed by atoms with Crippen molar-refractivity contribution in [2.45, 2.75) is 18.2 Å². The normalized spacial score (nSPS) is 11.6. The van der Waals surface area contributed by atoms with Crippen LogP contribution in [-0.4, -0.2) is 65.0 Å². The number of nitrogens with zero attached hydrogens (tertiary/aromatic N) is 4. The van der Waals surface area contributed by atoms with Gasteiger partial charge in [0.05, 0.1) is 22.4 Å². The number of aromatic nitrogens is 1. The van der Waals surface area contributed by atoms with Gasteiger partial charge in [-0.15, -0.1) is 0 Å². The number of methoxy groups -OCH3 is 1. The van der Waals surface area contributed by atoms with Gasteiger partial charge in [0.25, 0.3) is 15.9 Å². The number of rotatable bonds is 11. The zero-order valence-electron chi connectivity index (χ0n) is 22.0. The molecular formula is C28H32N4O4S2. The van der Waals surface area contributed by atoms with Crippen molar-refractivity contribution in [2.75, 3.05) is 50.0 Å². The van der Waals surface area contributed by atoms with Crippen molar-refractivity contribution in [1.29, 1.82) is 0 Å². The predicted molar refractivity (Wildman–Crippen MR) is 154 cm³/mol. The number of carbonyl (C=O) groups excluding carboxylic acids is 1. The van der Waals surface area contributed by atoms with Crippen LogP contribution in [0, 0.1) is 0 Å². The Morgan fingerprint density at radius 2 is 1.66 bits per heavy atom. The van der Waals surface area contributed by atoms with E-state index in [2.05, 4.69) is 4.90 Å². The number of thiazole rings is 1. The maximum absolute atomic E-state index is 13.7. The number of para-hydroxylation sites is 2. The number of amides is 1. The molecule has 0 spiro atoms. The highest BCUT2D eigenvalue weighted by molar-refractivity contribution is 7.92. The molecule has 1 heterocycles. The average molecular weight is 553 g/mol. The lowest BCUT2D eigenvalue weighted by Gasteiger charge is -2.23. The fraction of sp³-hybridized carbons (Fsp3) is 0.286. The molecule has 1 aromatic heterocycles. The van der Waals surface area contributed by atoms with E-state index in [0.29, 0.717) is 34.2 Å². The molecule has 0 saturated carbocycles. The summed E-state index contributed by atoms with van der Waals surface area (Å²) in [7, 11) is 1.79. The molecule has 0 atom stereocenters. The number of anilines is 2. The van der Waals surface area contributed by atoms with E-state index >= 15 is 0 Å². The second-order valence-electron chi connectivity index (χ2n) is 8.95. The first kappa shape index (κ1) is 27.6.